The highest BCUT2D eigenvalue weighted by atomic mass is 16.6. The number of rotatable bonds is 9. The van der Waals surface area contributed by atoms with Crippen LogP contribution in [0.15, 0.2) is 53.6 Å². The van der Waals surface area contributed by atoms with Gasteiger partial charge < -0.3 is 4.74 Å². The number of nitrogens with zero attached hydrogens (tertiary/aromatic N) is 3. The molecule has 9 nitrogen and oxygen atoms in total. The molecule has 0 amide bonds. The summed E-state index contributed by atoms with van der Waals surface area (Å²) in [5.41, 5.74) is 3.88. The van der Waals surface area contributed by atoms with Gasteiger partial charge in [0.25, 0.3) is 5.69 Å². The van der Waals surface area contributed by atoms with Crippen molar-refractivity contribution >= 4 is 22.8 Å². The minimum atomic E-state index is -0.671. The summed E-state index contributed by atoms with van der Waals surface area (Å²) in [7, 11) is 0. The number of epoxide rings is 1. The fourth-order valence-electron chi connectivity index (χ4n) is 2.89. The molecule has 0 aromatic heterocycles. The molecule has 2 aromatic carbocycles. The number of benzene rings is 2. The number of ether oxygens (including phenoxy) is 1. The lowest BCUT2D eigenvalue weighted by Crippen LogP contribution is -2.11. The normalized spacial score (nSPS) is 18.5. The molecule has 0 saturated carbocycles. The van der Waals surface area contributed by atoms with Crippen LogP contribution in [0.3, 0.4) is 0 Å². The van der Waals surface area contributed by atoms with Gasteiger partial charge in [0.15, 0.2) is 0 Å². The van der Waals surface area contributed by atoms with E-state index in [1.54, 1.807) is 0 Å². The summed E-state index contributed by atoms with van der Waals surface area (Å²) in [4.78, 5) is 20.8. The number of hydrogen-bond donors (Lipinski definition) is 1. The van der Waals surface area contributed by atoms with Gasteiger partial charge in [-0.15, -0.1) is 0 Å². The Morgan fingerprint density at radius 1 is 1.14 bits per heavy atom. The third kappa shape index (κ3) is 4.49. The lowest BCUT2D eigenvalue weighted by Gasteiger charge is -2.06. The van der Waals surface area contributed by atoms with Crippen LogP contribution in [0.4, 0.5) is 17.1 Å². The Bertz CT molecular complexity index is 900. The molecule has 28 heavy (non-hydrogen) atoms. The zero-order valence-corrected chi connectivity index (χ0v) is 15.3. The van der Waals surface area contributed by atoms with E-state index in [-0.39, 0.29) is 23.6 Å². The lowest BCUT2D eigenvalue weighted by atomic mass is 10.0. The maximum absolute atomic E-state index is 11.3. The number of nitro benzene ring substituents is 2. The standard InChI is InChI=1S/C19H20N4O5/c1-2-3-9-16(19-18(28-19)13-7-5-4-6-8-13)21-20-15-11-10-14(22(24)25)12-17(15)23(26)27/h4-8,10-12,18-20H,2-3,9H2,1H3/b21-16+. The molecule has 1 saturated heterocycles. The summed E-state index contributed by atoms with van der Waals surface area (Å²) in [6.45, 7) is 2.06. The number of non-ortho nitro benzene ring substituents is 1. The van der Waals surface area contributed by atoms with Gasteiger partial charge in [0, 0.05) is 6.07 Å². The van der Waals surface area contributed by atoms with Gasteiger partial charge in [-0.1, -0.05) is 43.7 Å². The second kappa shape index (κ2) is 8.57. The minimum Gasteiger partial charge on any atom is -0.358 e. The highest BCUT2D eigenvalue weighted by molar-refractivity contribution is 5.92. The maximum Gasteiger partial charge on any atom is 0.301 e. The van der Waals surface area contributed by atoms with Crippen LogP contribution in [0.2, 0.25) is 0 Å². The third-order valence-corrected chi connectivity index (χ3v) is 4.44. The molecule has 2 atom stereocenters. The smallest absolute Gasteiger partial charge is 0.301 e. The third-order valence-electron chi connectivity index (χ3n) is 4.44. The first-order valence-electron chi connectivity index (χ1n) is 8.97. The molecule has 1 aliphatic heterocycles. The highest BCUT2D eigenvalue weighted by Crippen LogP contribution is 2.40. The average molecular weight is 384 g/mol. The Balaban J connectivity index is 1.81. The molecular formula is C19H20N4O5. The van der Waals surface area contributed by atoms with Crippen molar-refractivity contribution < 1.29 is 14.6 Å². The van der Waals surface area contributed by atoms with E-state index in [1.807, 2.05) is 30.3 Å². The molecule has 0 spiro atoms. The molecule has 3 rings (SSSR count). The first-order chi connectivity index (χ1) is 13.5. The minimum absolute atomic E-state index is 0.0783. The number of hydrazone groups is 1. The summed E-state index contributed by atoms with van der Waals surface area (Å²) in [6, 6.07) is 13.2. The zero-order valence-electron chi connectivity index (χ0n) is 15.3. The van der Waals surface area contributed by atoms with Crippen LogP contribution in [-0.4, -0.2) is 21.7 Å². The molecule has 0 radical (unpaired) electrons. The Hall–Kier alpha value is -3.33. The van der Waals surface area contributed by atoms with E-state index < -0.39 is 15.5 Å². The van der Waals surface area contributed by atoms with Crippen LogP contribution in [0.25, 0.3) is 0 Å². The van der Waals surface area contributed by atoms with Gasteiger partial charge in [0.2, 0.25) is 0 Å². The summed E-state index contributed by atoms with van der Waals surface area (Å²) in [5, 5.41) is 26.5. The largest absolute Gasteiger partial charge is 0.358 e. The Labute approximate surface area is 161 Å². The van der Waals surface area contributed by atoms with Crippen molar-refractivity contribution in [3.63, 3.8) is 0 Å². The molecule has 1 fully saturated rings. The first kappa shape index (κ1) is 19.4. The number of nitro groups is 2. The highest BCUT2D eigenvalue weighted by Gasteiger charge is 2.43. The molecule has 1 aliphatic rings. The molecule has 1 heterocycles. The predicted octanol–water partition coefficient (Wildman–Crippen LogP) is 4.60. The van der Waals surface area contributed by atoms with Crippen LogP contribution in [0.1, 0.15) is 37.9 Å². The van der Waals surface area contributed by atoms with Gasteiger partial charge in [0.05, 0.1) is 21.6 Å². The zero-order chi connectivity index (χ0) is 20.1. The van der Waals surface area contributed by atoms with Gasteiger partial charge in [0.1, 0.15) is 17.9 Å². The van der Waals surface area contributed by atoms with Gasteiger partial charge in [-0.25, -0.2) is 0 Å². The molecule has 2 unspecified atom stereocenters. The van der Waals surface area contributed by atoms with Gasteiger partial charge in [-0.2, -0.15) is 5.10 Å². The monoisotopic (exact) mass is 384 g/mol. The van der Waals surface area contributed by atoms with Crippen molar-refractivity contribution in [2.75, 3.05) is 5.43 Å². The van der Waals surface area contributed by atoms with E-state index in [0.29, 0.717) is 6.42 Å². The predicted molar refractivity (Wildman–Crippen MR) is 104 cm³/mol. The lowest BCUT2D eigenvalue weighted by molar-refractivity contribution is -0.393. The fraction of sp³-hybridized carbons (Fsp3) is 0.316. The number of nitrogens with one attached hydrogen (secondary N) is 1. The van der Waals surface area contributed by atoms with E-state index >= 15 is 0 Å². The second-order valence-corrected chi connectivity index (χ2v) is 6.42. The van der Waals surface area contributed by atoms with Crippen LogP contribution >= 0.6 is 0 Å². The molecule has 0 aliphatic carbocycles. The van der Waals surface area contributed by atoms with Crippen LogP contribution in [-0.2, 0) is 4.74 Å². The molecule has 2 aromatic rings. The molecule has 9 heteroatoms. The SMILES string of the molecule is CCCC/C(=N\Nc1ccc([N+](=O)[O-])cc1[N+](=O)[O-])C1OC1c1ccccc1. The molecule has 0 bridgehead atoms. The van der Waals surface area contributed by atoms with Gasteiger partial charge >= 0.3 is 5.69 Å². The topological polar surface area (TPSA) is 123 Å². The maximum atomic E-state index is 11.3. The number of unbranched alkanes of at least 4 members (excludes halogenated alkanes) is 1. The fourth-order valence-corrected chi connectivity index (χ4v) is 2.89. The summed E-state index contributed by atoms with van der Waals surface area (Å²) < 4.78 is 5.78. The van der Waals surface area contributed by atoms with Crippen LogP contribution in [0.5, 0.6) is 0 Å². The summed E-state index contributed by atoms with van der Waals surface area (Å²) in [6.07, 6.45) is 2.31. The van der Waals surface area contributed by atoms with Gasteiger partial charge in [-0.3, -0.25) is 25.7 Å². The Morgan fingerprint density at radius 2 is 1.89 bits per heavy atom. The molecular weight excluding hydrogens is 364 g/mol. The first-order valence-corrected chi connectivity index (χ1v) is 8.97. The van der Waals surface area contributed by atoms with Crippen molar-refractivity contribution in [2.45, 2.75) is 38.4 Å². The van der Waals surface area contributed by atoms with E-state index in [0.717, 1.165) is 30.2 Å². The molecule has 146 valence electrons. The van der Waals surface area contributed by atoms with Gasteiger partial charge in [-0.05, 0) is 24.5 Å². The van der Waals surface area contributed by atoms with E-state index in [2.05, 4.69) is 17.5 Å². The van der Waals surface area contributed by atoms with Crippen molar-refractivity contribution in [1.82, 2.24) is 0 Å². The van der Waals surface area contributed by atoms with Crippen molar-refractivity contribution in [1.29, 1.82) is 0 Å². The second-order valence-electron chi connectivity index (χ2n) is 6.42. The quantitative estimate of drug-likeness (QED) is 0.292. The van der Waals surface area contributed by atoms with Crippen LogP contribution < -0.4 is 5.43 Å². The van der Waals surface area contributed by atoms with Crippen molar-refractivity contribution in [2.24, 2.45) is 5.10 Å². The Kier molecular flexibility index (Phi) is 5.95. The number of hydrogen-bond acceptors (Lipinski definition) is 7. The summed E-state index contributed by atoms with van der Waals surface area (Å²) >= 11 is 0. The summed E-state index contributed by atoms with van der Waals surface area (Å²) in [5.74, 6) is 0. The van der Waals surface area contributed by atoms with Crippen molar-refractivity contribution in [3.05, 3.63) is 74.3 Å². The average Bonchev–Trinajstić information content (AvgIpc) is 3.49. The van der Waals surface area contributed by atoms with E-state index in [4.69, 9.17) is 4.74 Å². The molecule has 1 N–H and O–H groups in total. The van der Waals surface area contributed by atoms with Crippen LogP contribution in [0, 0.1) is 20.2 Å². The van der Waals surface area contributed by atoms with E-state index in [1.165, 1.54) is 12.1 Å². The van der Waals surface area contributed by atoms with E-state index in [9.17, 15) is 20.2 Å². The number of anilines is 1. The Morgan fingerprint density at radius 3 is 2.54 bits per heavy atom. The van der Waals surface area contributed by atoms with Crippen molar-refractivity contribution in [3.8, 4) is 0 Å².